The van der Waals surface area contributed by atoms with E-state index < -0.39 is 27.3 Å². The van der Waals surface area contributed by atoms with Crippen LogP contribution < -0.4 is 5.32 Å². The van der Waals surface area contributed by atoms with Crippen LogP contribution >= 0.6 is 0 Å². The van der Waals surface area contributed by atoms with Gasteiger partial charge < -0.3 is 10.1 Å². The molecule has 1 N–H and O–H groups in total. The van der Waals surface area contributed by atoms with E-state index in [0.29, 0.717) is 0 Å². The van der Waals surface area contributed by atoms with E-state index in [2.05, 4.69) is 5.32 Å². The predicted octanol–water partition coefficient (Wildman–Crippen LogP) is 2.84. The maximum atomic E-state index is 12.9. The van der Waals surface area contributed by atoms with Crippen molar-refractivity contribution in [3.8, 4) is 0 Å². The molecule has 0 saturated heterocycles. The van der Waals surface area contributed by atoms with Crippen LogP contribution in [0.15, 0.2) is 47.1 Å². The summed E-state index contributed by atoms with van der Waals surface area (Å²) in [4.78, 5) is 11.6. The van der Waals surface area contributed by atoms with Crippen molar-refractivity contribution in [2.45, 2.75) is 31.3 Å². The van der Waals surface area contributed by atoms with Crippen molar-refractivity contribution in [3.63, 3.8) is 0 Å². The lowest BCUT2D eigenvalue weighted by molar-refractivity contribution is 0.0532. The third-order valence-electron chi connectivity index (χ3n) is 2.49. The van der Waals surface area contributed by atoms with Gasteiger partial charge in [-0.2, -0.15) is 0 Å². The van der Waals surface area contributed by atoms with Crippen LogP contribution in [0.2, 0.25) is 0 Å². The zero-order valence-electron chi connectivity index (χ0n) is 12.8. The molecule has 0 heterocycles. The van der Waals surface area contributed by atoms with E-state index >= 15 is 0 Å². The van der Waals surface area contributed by atoms with Gasteiger partial charge in [0.25, 0.3) is 0 Å². The molecule has 0 radical (unpaired) electrons. The third-order valence-corrected chi connectivity index (χ3v) is 4.23. The van der Waals surface area contributed by atoms with E-state index in [4.69, 9.17) is 4.74 Å². The number of hydrogen-bond acceptors (Lipinski definition) is 4. The Morgan fingerprint density at radius 3 is 2.36 bits per heavy atom. The first-order chi connectivity index (χ1) is 10.1. The molecule has 122 valence electrons. The fourth-order valence-corrected chi connectivity index (χ4v) is 2.97. The number of hydrogen-bond donors (Lipinski definition) is 1. The smallest absolute Gasteiger partial charge is 0.407 e. The number of sulfone groups is 1. The highest BCUT2D eigenvalue weighted by molar-refractivity contribution is 7.91. The van der Waals surface area contributed by atoms with E-state index in [1.165, 1.54) is 12.1 Å². The Morgan fingerprint density at radius 1 is 1.27 bits per heavy atom. The van der Waals surface area contributed by atoms with E-state index in [1.807, 2.05) is 0 Å². The number of rotatable bonds is 5. The molecule has 0 atom stereocenters. The van der Waals surface area contributed by atoms with Crippen molar-refractivity contribution in [3.05, 3.63) is 42.2 Å². The minimum atomic E-state index is -3.66. The van der Waals surface area contributed by atoms with Gasteiger partial charge in [0, 0.05) is 6.54 Å². The maximum absolute atomic E-state index is 12.9. The summed E-state index contributed by atoms with van der Waals surface area (Å²) >= 11 is 0. The average Bonchev–Trinajstić information content (AvgIpc) is 2.42. The van der Waals surface area contributed by atoms with Crippen molar-refractivity contribution >= 4 is 15.9 Å². The lowest BCUT2D eigenvalue weighted by atomic mass is 10.2. The lowest BCUT2D eigenvalue weighted by Crippen LogP contribution is -2.34. The van der Waals surface area contributed by atoms with Crippen LogP contribution in [0.3, 0.4) is 0 Å². The Balaban J connectivity index is 2.65. The molecule has 1 aromatic rings. The first kappa shape index (κ1) is 18.2. The summed E-state index contributed by atoms with van der Waals surface area (Å²) in [6.45, 7) is 4.84. The average molecular weight is 329 g/mol. The van der Waals surface area contributed by atoms with Crippen molar-refractivity contribution in [1.29, 1.82) is 0 Å². The third kappa shape index (κ3) is 6.26. The molecule has 22 heavy (non-hydrogen) atoms. The van der Waals surface area contributed by atoms with Crippen LogP contribution in [0.4, 0.5) is 9.18 Å². The molecule has 0 saturated carbocycles. The number of carbonyl (C=O) groups is 1. The number of benzene rings is 1. The molecule has 0 bridgehead atoms. The van der Waals surface area contributed by atoms with Crippen LogP contribution in [0.1, 0.15) is 20.8 Å². The van der Waals surface area contributed by atoms with Crippen molar-refractivity contribution in [2.24, 2.45) is 0 Å². The molecule has 0 aromatic heterocycles. The minimum Gasteiger partial charge on any atom is -0.444 e. The summed E-state index contributed by atoms with van der Waals surface area (Å²) in [7, 11) is -3.66. The molecule has 0 aliphatic carbocycles. The van der Waals surface area contributed by atoms with Crippen molar-refractivity contribution in [2.75, 3.05) is 12.3 Å². The van der Waals surface area contributed by atoms with Gasteiger partial charge in [0.1, 0.15) is 5.60 Å². The number of alkyl carbamates (subject to hydrolysis) is 1. The molecule has 7 heteroatoms. The van der Waals surface area contributed by atoms with Gasteiger partial charge in [-0.1, -0.05) is 18.2 Å². The molecule has 1 amide bonds. The summed E-state index contributed by atoms with van der Waals surface area (Å²) in [6, 6.07) is 7.74. The van der Waals surface area contributed by atoms with E-state index in [1.54, 1.807) is 39.0 Å². The first-order valence-electron chi connectivity index (χ1n) is 6.67. The molecule has 1 aromatic carbocycles. The molecule has 5 nitrogen and oxygen atoms in total. The molecule has 0 unspecified atom stereocenters. The summed E-state index contributed by atoms with van der Waals surface area (Å²) in [5.41, 5.74) is -0.741. The van der Waals surface area contributed by atoms with Crippen LogP contribution in [-0.4, -0.2) is 32.4 Å². The zero-order chi connectivity index (χ0) is 16.8. The quantitative estimate of drug-likeness (QED) is 0.901. The topological polar surface area (TPSA) is 72.5 Å². The number of amides is 1. The van der Waals surface area contributed by atoms with Gasteiger partial charge in [-0.15, -0.1) is 0 Å². The zero-order valence-corrected chi connectivity index (χ0v) is 13.6. The second-order valence-corrected chi connectivity index (χ2v) is 7.68. The largest absolute Gasteiger partial charge is 0.444 e. The summed E-state index contributed by atoms with van der Waals surface area (Å²) in [6.07, 6.45) is -0.540. The Hall–Kier alpha value is -1.89. The highest BCUT2D eigenvalue weighted by Crippen LogP contribution is 2.13. The predicted molar refractivity (Wildman–Crippen MR) is 81.9 cm³/mol. The first-order valence-corrected chi connectivity index (χ1v) is 8.32. The van der Waals surface area contributed by atoms with Gasteiger partial charge in [-0.05, 0) is 38.5 Å². The molecule has 0 aliphatic heterocycles. The molecular weight excluding hydrogens is 309 g/mol. The van der Waals surface area contributed by atoms with Gasteiger partial charge in [-0.3, -0.25) is 0 Å². The lowest BCUT2D eigenvalue weighted by Gasteiger charge is -2.20. The van der Waals surface area contributed by atoms with Crippen LogP contribution in [0, 0.1) is 0 Å². The molecular formula is C15H20FNO4S. The molecule has 0 aliphatic rings. The summed E-state index contributed by atoms with van der Waals surface area (Å²) in [5, 5.41) is 2.33. The standard InChI is InChI=1S/C15H20FNO4S/c1-15(2,3)21-14(18)17-10-12(9-16)11-22(19,20)13-7-5-4-6-8-13/h4-9H,10-11H2,1-3H3,(H,17,18)/b12-9+. The van der Waals surface area contributed by atoms with Crippen LogP contribution in [0.5, 0.6) is 0 Å². The van der Waals surface area contributed by atoms with Gasteiger partial charge in [0.15, 0.2) is 9.84 Å². The van der Waals surface area contributed by atoms with Gasteiger partial charge in [0.05, 0.1) is 17.0 Å². The monoisotopic (exact) mass is 329 g/mol. The molecule has 0 spiro atoms. The second kappa shape index (κ2) is 7.40. The van der Waals surface area contributed by atoms with Crippen LogP contribution in [0.25, 0.3) is 0 Å². The maximum Gasteiger partial charge on any atom is 0.407 e. The SMILES string of the molecule is CC(C)(C)OC(=O)NC/C(=C\F)CS(=O)(=O)c1ccccc1. The van der Waals surface area contributed by atoms with Crippen molar-refractivity contribution < 1.29 is 22.3 Å². The van der Waals surface area contributed by atoms with Crippen molar-refractivity contribution in [1.82, 2.24) is 5.32 Å². The van der Waals surface area contributed by atoms with Crippen LogP contribution in [-0.2, 0) is 14.6 Å². The highest BCUT2D eigenvalue weighted by atomic mass is 32.2. The Bertz CT molecular complexity index is 633. The van der Waals surface area contributed by atoms with E-state index in [-0.39, 0.29) is 23.3 Å². The minimum absolute atomic E-state index is 0.0605. The van der Waals surface area contributed by atoms with E-state index in [0.717, 1.165) is 0 Å². The van der Waals surface area contributed by atoms with Gasteiger partial charge in [-0.25, -0.2) is 17.6 Å². The number of halogens is 1. The summed E-state index contributed by atoms with van der Waals surface area (Å²) < 4.78 is 42.1. The Morgan fingerprint density at radius 2 is 1.86 bits per heavy atom. The Labute approximate surface area is 130 Å². The Kier molecular flexibility index (Phi) is 6.11. The van der Waals surface area contributed by atoms with E-state index in [9.17, 15) is 17.6 Å². The summed E-state index contributed by atoms with van der Waals surface area (Å²) in [5.74, 6) is -0.511. The van der Waals surface area contributed by atoms with Gasteiger partial charge in [0.2, 0.25) is 0 Å². The fraction of sp³-hybridized carbons (Fsp3) is 0.400. The number of ether oxygens (including phenoxy) is 1. The highest BCUT2D eigenvalue weighted by Gasteiger charge is 2.19. The number of nitrogens with one attached hydrogen (secondary N) is 1. The fourth-order valence-electron chi connectivity index (χ4n) is 1.58. The normalized spacial score (nSPS) is 12.8. The molecule has 1 rings (SSSR count). The second-order valence-electron chi connectivity index (χ2n) is 5.69. The molecule has 0 fully saturated rings. The van der Waals surface area contributed by atoms with Gasteiger partial charge >= 0.3 is 6.09 Å². The number of carbonyl (C=O) groups excluding carboxylic acids is 1.